The fraction of sp³-hybridized carbons (Fsp3) is 0. The summed E-state index contributed by atoms with van der Waals surface area (Å²) in [6, 6.07) is 52.7. The number of rotatable bonds is 5. The molecule has 0 saturated heterocycles. The van der Waals surface area contributed by atoms with Crippen molar-refractivity contribution in [3.63, 3.8) is 0 Å². The first-order chi connectivity index (χ1) is 16.9. The zero-order chi connectivity index (χ0) is 23.3. The van der Waals surface area contributed by atoms with Gasteiger partial charge in [-0.2, -0.15) is 0 Å². The molecule has 5 aromatic carbocycles. The van der Waals surface area contributed by atoms with Crippen molar-refractivity contribution in [2.24, 2.45) is 10.2 Å². The van der Waals surface area contributed by atoms with Gasteiger partial charge in [-0.3, -0.25) is 0 Å². The van der Waals surface area contributed by atoms with Crippen molar-refractivity contribution in [1.82, 2.24) is 0 Å². The molecular formula is C32H26N2. The largest absolute Gasteiger partial charge is 0.149 e. The number of hydrogen-bond acceptors (Lipinski definition) is 2. The van der Waals surface area contributed by atoms with Gasteiger partial charge in [0.2, 0.25) is 0 Å². The fourth-order valence-electron chi connectivity index (χ4n) is 3.43. The van der Waals surface area contributed by atoms with E-state index in [9.17, 15) is 0 Å². The average molecular weight is 439 g/mol. The highest BCUT2D eigenvalue weighted by molar-refractivity contribution is 6.15. The van der Waals surface area contributed by atoms with Gasteiger partial charge in [0.25, 0.3) is 0 Å². The van der Waals surface area contributed by atoms with Crippen LogP contribution in [0.2, 0.25) is 0 Å². The van der Waals surface area contributed by atoms with Crippen molar-refractivity contribution in [1.29, 1.82) is 0 Å². The Balaban J connectivity index is 0.000000398. The quantitative estimate of drug-likeness (QED) is 0.199. The number of benzene rings is 5. The molecule has 0 atom stereocenters. The predicted molar refractivity (Wildman–Crippen MR) is 143 cm³/mol. The van der Waals surface area contributed by atoms with E-state index in [1.165, 1.54) is 0 Å². The zero-order valence-corrected chi connectivity index (χ0v) is 18.9. The molecule has 0 aliphatic rings. The molecule has 2 heteroatoms. The van der Waals surface area contributed by atoms with E-state index in [0.717, 1.165) is 33.7 Å². The summed E-state index contributed by atoms with van der Waals surface area (Å²) in [5.74, 6) is 0. The minimum absolute atomic E-state index is 0.852. The number of hydrogen-bond donors (Lipinski definition) is 0. The van der Waals surface area contributed by atoms with Gasteiger partial charge in [-0.15, -0.1) is 10.2 Å². The van der Waals surface area contributed by atoms with E-state index in [0.29, 0.717) is 0 Å². The summed E-state index contributed by atoms with van der Waals surface area (Å²) in [5, 5.41) is 9.44. The van der Waals surface area contributed by atoms with Crippen molar-refractivity contribution >= 4 is 11.4 Å². The molecule has 0 aliphatic heterocycles. The lowest BCUT2D eigenvalue weighted by Gasteiger charge is -2.08. The maximum absolute atomic E-state index is 4.72. The van der Waals surface area contributed by atoms with Crippen molar-refractivity contribution in [3.8, 4) is 0 Å². The van der Waals surface area contributed by atoms with Crippen LogP contribution in [0.1, 0.15) is 22.3 Å². The van der Waals surface area contributed by atoms with Crippen LogP contribution in [0.3, 0.4) is 0 Å². The van der Waals surface area contributed by atoms with Crippen LogP contribution in [0.25, 0.3) is 0 Å². The summed E-state index contributed by atoms with van der Waals surface area (Å²) in [4.78, 5) is 0. The molecule has 0 heterocycles. The smallest absolute Gasteiger partial charge is 0.100 e. The van der Waals surface area contributed by atoms with Crippen LogP contribution in [0.4, 0.5) is 0 Å². The van der Waals surface area contributed by atoms with Gasteiger partial charge in [-0.1, -0.05) is 158 Å². The molecule has 2 nitrogen and oxygen atoms in total. The minimum Gasteiger partial charge on any atom is -0.149 e. The van der Waals surface area contributed by atoms with Crippen LogP contribution in [0.15, 0.2) is 168 Å². The van der Waals surface area contributed by atoms with Crippen molar-refractivity contribution in [2.45, 2.75) is 0 Å². The molecular weight excluding hydrogens is 412 g/mol. The lowest BCUT2D eigenvalue weighted by atomic mass is 10.0. The second kappa shape index (κ2) is 12.5. The Hall–Kier alpha value is -4.56. The normalized spacial score (nSPS) is 9.76. The topological polar surface area (TPSA) is 24.7 Å². The molecule has 0 N–H and O–H groups in total. The second-order valence-electron chi connectivity index (χ2n) is 7.52. The highest BCUT2D eigenvalue weighted by Crippen LogP contribution is 2.14. The molecule has 0 amide bonds. The first-order valence-electron chi connectivity index (χ1n) is 11.3. The van der Waals surface area contributed by atoms with Gasteiger partial charge in [-0.25, -0.2) is 0 Å². The Morgan fingerprint density at radius 3 is 0.647 bits per heavy atom. The molecule has 0 aliphatic carbocycles. The second-order valence-corrected chi connectivity index (χ2v) is 7.52. The van der Waals surface area contributed by atoms with Gasteiger partial charge in [0, 0.05) is 22.3 Å². The van der Waals surface area contributed by atoms with Crippen LogP contribution in [0.5, 0.6) is 0 Å². The molecule has 164 valence electrons. The van der Waals surface area contributed by atoms with Crippen molar-refractivity contribution in [3.05, 3.63) is 180 Å². The summed E-state index contributed by atoms with van der Waals surface area (Å²) >= 11 is 0. The lowest BCUT2D eigenvalue weighted by Crippen LogP contribution is -2.06. The van der Waals surface area contributed by atoms with Crippen molar-refractivity contribution in [2.75, 3.05) is 0 Å². The molecule has 0 saturated carbocycles. The molecule has 5 rings (SSSR count). The SMILES string of the molecule is c1ccc(C(=NN=C(c2ccccc2)c2ccccc2)c2ccccc2)cc1.c1ccccc1. The summed E-state index contributed by atoms with van der Waals surface area (Å²) in [5.41, 5.74) is 5.86. The predicted octanol–water partition coefficient (Wildman–Crippen LogP) is 7.66. The Bertz CT molecular complexity index is 1100. The highest BCUT2D eigenvalue weighted by Gasteiger charge is 2.09. The maximum atomic E-state index is 4.72. The van der Waals surface area contributed by atoms with Crippen LogP contribution in [0, 0.1) is 0 Å². The minimum atomic E-state index is 0.852. The van der Waals surface area contributed by atoms with Gasteiger partial charge in [0.05, 0.1) is 0 Å². The zero-order valence-electron chi connectivity index (χ0n) is 18.9. The molecule has 5 aromatic rings. The third-order valence-electron chi connectivity index (χ3n) is 5.11. The van der Waals surface area contributed by atoms with E-state index in [2.05, 4.69) is 48.5 Å². The van der Waals surface area contributed by atoms with Gasteiger partial charge < -0.3 is 0 Å². The van der Waals surface area contributed by atoms with Crippen LogP contribution >= 0.6 is 0 Å². The molecule has 34 heavy (non-hydrogen) atoms. The van der Waals surface area contributed by atoms with E-state index >= 15 is 0 Å². The monoisotopic (exact) mass is 438 g/mol. The van der Waals surface area contributed by atoms with Gasteiger partial charge >= 0.3 is 0 Å². The van der Waals surface area contributed by atoms with Gasteiger partial charge in [0.15, 0.2) is 0 Å². The summed E-state index contributed by atoms with van der Waals surface area (Å²) in [7, 11) is 0. The summed E-state index contributed by atoms with van der Waals surface area (Å²) in [6.07, 6.45) is 0. The Kier molecular flexibility index (Phi) is 8.30. The van der Waals surface area contributed by atoms with Gasteiger partial charge in [-0.05, 0) is 0 Å². The molecule has 0 spiro atoms. The van der Waals surface area contributed by atoms with Crippen LogP contribution in [-0.2, 0) is 0 Å². The van der Waals surface area contributed by atoms with E-state index < -0.39 is 0 Å². The van der Waals surface area contributed by atoms with Crippen LogP contribution < -0.4 is 0 Å². The Morgan fingerprint density at radius 2 is 0.441 bits per heavy atom. The third-order valence-corrected chi connectivity index (χ3v) is 5.11. The third kappa shape index (κ3) is 6.47. The standard InChI is InChI=1S/C26H20N2.C6H6/c1-5-13-21(14-6-1)25(22-15-7-2-8-16-22)27-28-26(23-17-9-3-10-18-23)24-19-11-4-12-20-24;1-2-4-6-5-3-1/h1-20H;1-6H. The molecule has 0 bridgehead atoms. The summed E-state index contributed by atoms with van der Waals surface area (Å²) < 4.78 is 0. The number of nitrogens with zero attached hydrogens (tertiary/aromatic N) is 2. The molecule has 0 unspecified atom stereocenters. The average Bonchev–Trinajstić information content (AvgIpc) is 2.94. The van der Waals surface area contributed by atoms with Crippen LogP contribution in [-0.4, -0.2) is 11.4 Å². The maximum Gasteiger partial charge on any atom is 0.100 e. The van der Waals surface area contributed by atoms with Gasteiger partial charge in [0.1, 0.15) is 11.4 Å². The van der Waals surface area contributed by atoms with E-state index in [-0.39, 0.29) is 0 Å². The Morgan fingerprint density at radius 1 is 0.265 bits per heavy atom. The molecule has 0 radical (unpaired) electrons. The molecule has 0 fully saturated rings. The lowest BCUT2D eigenvalue weighted by molar-refractivity contribution is 1.22. The van der Waals surface area contributed by atoms with E-state index in [4.69, 9.17) is 10.2 Å². The first-order valence-corrected chi connectivity index (χ1v) is 11.3. The van der Waals surface area contributed by atoms with E-state index in [1.54, 1.807) is 0 Å². The Labute approximate surface area is 201 Å². The highest BCUT2D eigenvalue weighted by atomic mass is 15.2. The first kappa shape index (κ1) is 22.6. The fourth-order valence-corrected chi connectivity index (χ4v) is 3.43. The molecule has 0 aromatic heterocycles. The van der Waals surface area contributed by atoms with E-state index in [1.807, 2.05) is 109 Å². The van der Waals surface area contributed by atoms with Crippen molar-refractivity contribution < 1.29 is 0 Å². The summed E-state index contributed by atoms with van der Waals surface area (Å²) in [6.45, 7) is 0.